The third-order valence-corrected chi connectivity index (χ3v) is 5.73. The van der Waals surface area contributed by atoms with Crippen LogP contribution in [0.3, 0.4) is 0 Å². The van der Waals surface area contributed by atoms with E-state index in [1.165, 1.54) is 5.56 Å². The lowest BCUT2D eigenvalue weighted by Gasteiger charge is -2.34. The molecule has 0 saturated carbocycles. The van der Waals surface area contributed by atoms with Crippen molar-refractivity contribution in [1.29, 1.82) is 0 Å². The van der Waals surface area contributed by atoms with Crippen LogP contribution in [-0.4, -0.2) is 44.4 Å². The van der Waals surface area contributed by atoms with Gasteiger partial charge in [0.15, 0.2) is 5.11 Å². The molecule has 1 aliphatic heterocycles. The van der Waals surface area contributed by atoms with Gasteiger partial charge < -0.3 is 24.4 Å². The summed E-state index contributed by atoms with van der Waals surface area (Å²) in [5.41, 5.74) is 2.01. The Hall–Kier alpha value is -2.18. The highest BCUT2D eigenvalue weighted by Gasteiger charge is 2.24. The zero-order chi connectivity index (χ0) is 20.1. The minimum absolute atomic E-state index is 0.473. The maximum atomic E-state index is 6.18. The van der Waals surface area contributed by atoms with Gasteiger partial charge in [-0.05, 0) is 42.6 Å². The minimum atomic E-state index is 0.473. The molecule has 0 spiro atoms. The standard InChI is InChI=1S/C21H25ClN2O3S/c1-25-18-7-5-4-6-15(18)14-8-10-24(11-9-14)21(28)23-17-13-19(26-2)16(22)12-20(17)27-3/h4-7,12-14H,8-11H2,1-3H3,(H,23,28). The molecule has 0 amide bonds. The number of hydrogen-bond acceptors (Lipinski definition) is 4. The topological polar surface area (TPSA) is 43.0 Å². The van der Waals surface area contributed by atoms with Crippen molar-refractivity contribution in [1.82, 2.24) is 4.90 Å². The molecular formula is C21H25ClN2O3S. The molecule has 1 saturated heterocycles. The number of likely N-dealkylation sites (tertiary alicyclic amines) is 1. The maximum Gasteiger partial charge on any atom is 0.173 e. The number of ether oxygens (including phenoxy) is 3. The second-order valence-corrected chi connectivity index (χ2v) is 7.41. The summed E-state index contributed by atoms with van der Waals surface area (Å²) in [4.78, 5) is 2.18. The fourth-order valence-electron chi connectivity index (χ4n) is 3.55. The number of para-hydroxylation sites is 1. The lowest BCUT2D eigenvalue weighted by molar-refractivity contribution is 0.310. The van der Waals surface area contributed by atoms with Crippen LogP contribution in [0.5, 0.6) is 17.2 Å². The summed E-state index contributed by atoms with van der Waals surface area (Å²) >= 11 is 11.8. The smallest absolute Gasteiger partial charge is 0.173 e. The second-order valence-electron chi connectivity index (χ2n) is 6.62. The van der Waals surface area contributed by atoms with Gasteiger partial charge in [0.1, 0.15) is 17.2 Å². The third-order valence-electron chi connectivity index (χ3n) is 5.08. The van der Waals surface area contributed by atoms with Gasteiger partial charge in [0, 0.05) is 25.2 Å². The molecule has 1 fully saturated rings. The minimum Gasteiger partial charge on any atom is -0.496 e. The molecule has 28 heavy (non-hydrogen) atoms. The van der Waals surface area contributed by atoms with Crippen LogP contribution in [0.4, 0.5) is 5.69 Å². The molecule has 0 unspecified atom stereocenters. The number of anilines is 1. The van der Waals surface area contributed by atoms with Crippen LogP contribution < -0.4 is 19.5 Å². The Morgan fingerprint density at radius 1 is 1.00 bits per heavy atom. The first-order valence-corrected chi connectivity index (χ1v) is 9.96. The van der Waals surface area contributed by atoms with Crippen LogP contribution in [0.25, 0.3) is 0 Å². The van der Waals surface area contributed by atoms with Crippen molar-refractivity contribution in [3.05, 3.63) is 47.0 Å². The highest BCUT2D eigenvalue weighted by molar-refractivity contribution is 7.80. The molecule has 0 atom stereocenters. The van der Waals surface area contributed by atoms with Gasteiger partial charge in [-0.15, -0.1) is 0 Å². The number of halogens is 1. The average Bonchev–Trinajstić information content (AvgIpc) is 2.74. The first-order valence-electron chi connectivity index (χ1n) is 9.17. The predicted octanol–water partition coefficient (Wildman–Crippen LogP) is 4.94. The first kappa shape index (κ1) is 20.6. The van der Waals surface area contributed by atoms with Crippen LogP contribution in [0.2, 0.25) is 5.02 Å². The van der Waals surface area contributed by atoms with Crippen molar-refractivity contribution in [3.63, 3.8) is 0 Å². The highest BCUT2D eigenvalue weighted by Crippen LogP contribution is 2.37. The summed E-state index contributed by atoms with van der Waals surface area (Å²) in [5.74, 6) is 2.62. The molecular weight excluding hydrogens is 396 g/mol. The van der Waals surface area contributed by atoms with Gasteiger partial charge in [-0.1, -0.05) is 29.8 Å². The van der Waals surface area contributed by atoms with Gasteiger partial charge in [0.25, 0.3) is 0 Å². The van der Waals surface area contributed by atoms with E-state index in [0.29, 0.717) is 27.6 Å². The van der Waals surface area contributed by atoms with Crippen LogP contribution in [0.15, 0.2) is 36.4 Å². The monoisotopic (exact) mass is 420 g/mol. The molecule has 1 aliphatic rings. The Kier molecular flexibility index (Phi) is 6.86. The molecule has 5 nitrogen and oxygen atoms in total. The number of nitrogens with zero attached hydrogens (tertiary/aromatic N) is 1. The molecule has 150 valence electrons. The number of piperidine rings is 1. The third kappa shape index (κ3) is 4.45. The summed E-state index contributed by atoms with van der Waals surface area (Å²) in [5, 5.41) is 4.44. The summed E-state index contributed by atoms with van der Waals surface area (Å²) < 4.78 is 16.2. The van der Waals surface area contributed by atoms with Gasteiger partial charge in [-0.2, -0.15) is 0 Å². The SMILES string of the molecule is COc1cc(NC(=S)N2CCC(c3ccccc3OC)CC2)c(OC)cc1Cl. The molecule has 2 aromatic rings. The maximum absolute atomic E-state index is 6.18. The molecule has 0 aromatic heterocycles. The molecule has 7 heteroatoms. The summed E-state index contributed by atoms with van der Waals surface area (Å²) in [6.45, 7) is 1.75. The number of benzene rings is 2. The average molecular weight is 421 g/mol. The fraction of sp³-hybridized carbons (Fsp3) is 0.381. The zero-order valence-electron chi connectivity index (χ0n) is 16.3. The van der Waals surface area contributed by atoms with Gasteiger partial charge in [0.05, 0.1) is 32.0 Å². The summed E-state index contributed by atoms with van der Waals surface area (Å²) in [6, 6.07) is 11.8. The van der Waals surface area contributed by atoms with Crippen molar-refractivity contribution in [2.75, 3.05) is 39.7 Å². The molecule has 3 rings (SSSR count). The highest BCUT2D eigenvalue weighted by atomic mass is 35.5. The van der Waals surface area contributed by atoms with Crippen molar-refractivity contribution >= 4 is 34.6 Å². The lowest BCUT2D eigenvalue weighted by Crippen LogP contribution is -2.40. The van der Waals surface area contributed by atoms with Crippen LogP contribution in [0, 0.1) is 0 Å². The Bertz CT molecular complexity index is 838. The van der Waals surface area contributed by atoms with E-state index < -0.39 is 0 Å². The fourth-order valence-corrected chi connectivity index (χ4v) is 4.07. The van der Waals surface area contributed by atoms with Crippen LogP contribution in [-0.2, 0) is 0 Å². The van der Waals surface area contributed by atoms with Crippen molar-refractivity contribution < 1.29 is 14.2 Å². The van der Waals surface area contributed by atoms with Gasteiger partial charge in [-0.3, -0.25) is 0 Å². The van der Waals surface area contributed by atoms with E-state index in [1.54, 1.807) is 33.5 Å². The van der Waals surface area contributed by atoms with Gasteiger partial charge in [0.2, 0.25) is 0 Å². The normalized spacial score (nSPS) is 14.5. The molecule has 0 aliphatic carbocycles. The molecule has 1 heterocycles. The van der Waals surface area contributed by atoms with Crippen molar-refractivity contribution in [2.45, 2.75) is 18.8 Å². The van der Waals surface area contributed by atoms with Crippen molar-refractivity contribution in [2.24, 2.45) is 0 Å². The van der Waals surface area contributed by atoms with Crippen LogP contribution in [0.1, 0.15) is 24.3 Å². The first-order chi connectivity index (χ1) is 13.6. The Balaban J connectivity index is 1.66. The number of hydrogen-bond donors (Lipinski definition) is 1. The Labute approximate surface area is 176 Å². The van der Waals surface area contributed by atoms with Crippen LogP contribution >= 0.6 is 23.8 Å². The van der Waals surface area contributed by atoms with Gasteiger partial charge >= 0.3 is 0 Å². The zero-order valence-corrected chi connectivity index (χ0v) is 17.9. The quantitative estimate of drug-likeness (QED) is 0.691. The predicted molar refractivity (Wildman–Crippen MR) is 117 cm³/mol. The Morgan fingerprint density at radius 2 is 1.64 bits per heavy atom. The molecule has 1 N–H and O–H groups in total. The van der Waals surface area contributed by atoms with E-state index in [9.17, 15) is 0 Å². The number of methoxy groups -OCH3 is 3. The molecule has 2 aromatic carbocycles. The van der Waals surface area contributed by atoms with E-state index in [1.807, 2.05) is 12.1 Å². The van der Waals surface area contributed by atoms with Crippen molar-refractivity contribution in [3.8, 4) is 17.2 Å². The van der Waals surface area contributed by atoms with E-state index >= 15 is 0 Å². The Morgan fingerprint density at radius 3 is 2.29 bits per heavy atom. The van der Waals surface area contributed by atoms with Gasteiger partial charge in [-0.25, -0.2) is 0 Å². The second kappa shape index (κ2) is 9.34. The van der Waals surface area contributed by atoms with E-state index in [4.69, 9.17) is 38.0 Å². The summed E-state index contributed by atoms with van der Waals surface area (Å²) in [7, 11) is 4.91. The molecule has 0 bridgehead atoms. The largest absolute Gasteiger partial charge is 0.496 e. The lowest BCUT2D eigenvalue weighted by atomic mass is 9.89. The van der Waals surface area contributed by atoms with E-state index in [0.717, 1.165) is 37.4 Å². The number of thiocarbonyl (C=S) groups is 1. The number of rotatable bonds is 5. The van der Waals surface area contributed by atoms with E-state index in [2.05, 4.69) is 22.3 Å². The number of nitrogens with one attached hydrogen (secondary N) is 1. The molecule has 0 radical (unpaired) electrons. The van der Waals surface area contributed by atoms with E-state index in [-0.39, 0.29) is 0 Å². The summed E-state index contributed by atoms with van der Waals surface area (Å²) in [6.07, 6.45) is 2.03.